The van der Waals surface area contributed by atoms with Gasteiger partial charge >= 0.3 is 5.97 Å². The van der Waals surface area contributed by atoms with E-state index in [1.807, 2.05) is 12.1 Å². The number of nitrogens with one attached hydrogen (secondary N) is 1. The third kappa shape index (κ3) is 2.03. The Bertz CT molecular complexity index is 629. The average molecular weight is 274 g/mol. The van der Waals surface area contributed by atoms with Gasteiger partial charge in [-0.2, -0.15) is 0 Å². The summed E-state index contributed by atoms with van der Waals surface area (Å²) in [6, 6.07) is 3.67. The number of fused-ring (bicyclic) bond motifs is 1. The molecule has 1 aliphatic carbocycles. The van der Waals surface area contributed by atoms with Crippen molar-refractivity contribution in [2.45, 2.75) is 31.6 Å². The quantitative estimate of drug-likeness (QED) is 0.898. The molecule has 0 aliphatic heterocycles. The summed E-state index contributed by atoms with van der Waals surface area (Å²) in [6.45, 7) is 0. The molecule has 20 heavy (non-hydrogen) atoms. The number of nitrogens with zero attached hydrogens (tertiary/aromatic N) is 1. The van der Waals surface area contributed by atoms with Crippen molar-refractivity contribution < 1.29 is 14.6 Å². The number of benzene rings is 1. The highest BCUT2D eigenvalue weighted by molar-refractivity contribution is 5.89. The van der Waals surface area contributed by atoms with Gasteiger partial charge in [0.25, 0.3) is 0 Å². The minimum Gasteiger partial charge on any atom is -0.494 e. The Hall–Kier alpha value is -2.04. The largest absolute Gasteiger partial charge is 0.494 e. The predicted molar refractivity (Wildman–Crippen MR) is 75.0 cm³/mol. The molecule has 1 fully saturated rings. The number of rotatable bonds is 4. The third-order valence-corrected chi connectivity index (χ3v) is 4.27. The molecule has 106 valence electrons. The van der Waals surface area contributed by atoms with E-state index in [4.69, 9.17) is 4.74 Å². The van der Waals surface area contributed by atoms with Crippen LogP contribution in [0.1, 0.15) is 37.2 Å². The summed E-state index contributed by atoms with van der Waals surface area (Å²) in [7, 11) is 1.59. The van der Waals surface area contributed by atoms with Crippen LogP contribution in [-0.4, -0.2) is 28.2 Å². The number of hydrogen-bond donors (Lipinski definition) is 2. The molecule has 0 radical (unpaired) electrons. The van der Waals surface area contributed by atoms with Crippen LogP contribution in [0.15, 0.2) is 18.5 Å². The van der Waals surface area contributed by atoms with Crippen LogP contribution in [-0.2, 0) is 4.79 Å². The number of hydrogen-bond acceptors (Lipinski definition) is 3. The van der Waals surface area contributed by atoms with E-state index in [-0.39, 0.29) is 5.92 Å². The molecule has 3 rings (SSSR count). The van der Waals surface area contributed by atoms with Gasteiger partial charge in [-0.05, 0) is 30.4 Å². The summed E-state index contributed by atoms with van der Waals surface area (Å²) in [5.41, 5.74) is 2.30. The number of carboxylic acid groups (broad SMARTS) is 1. The highest BCUT2D eigenvalue weighted by Crippen LogP contribution is 2.40. The van der Waals surface area contributed by atoms with Crippen LogP contribution in [0.5, 0.6) is 5.75 Å². The fourth-order valence-electron chi connectivity index (χ4n) is 3.33. The van der Waals surface area contributed by atoms with E-state index in [0.29, 0.717) is 11.3 Å². The molecule has 1 saturated carbocycles. The van der Waals surface area contributed by atoms with Crippen molar-refractivity contribution in [2.75, 3.05) is 7.11 Å². The van der Waals surface area contributed by atoms with Crippen molar-refractivity contribution in [3.05, 3.63) is 24.0 Å². The Balaban J connectivity index is 2.11. The first-order valence-electron chi connectivity index (χ1n) is 6.95. The Morgan fingerprint density at radius 2 is 2.20 bits per heavy atom. The first-order valence-corrected chi connectivity index (χ1v) is 6.95. The Labute approximate surface area is 117 Å². The maximum absolute atomic E-state index is 11.7. The zero-order chi connectivity index (χ0) is 14.1. The zero-order valence-corrected chi connectivity index (χ0v) is 11.4. The number of aromatic amines is 1. The standard InChI is InChI=1S/C15H18N2O3/c1-20-11-7-6-10(13-14(11)17-8-16-13)12(15(18)19)9-4-2-3-5-9/h6-9,12H,2-5H2,1H3,(H,16,17)(H,18,19). The summed E-state index contributed by atoms with van der Waals surface area (Å²) in [6.07, 6.45) is 5.80. The van der Waals surface area contributed by atoms with Crippen molar-refractivity contribution >= 4 is 17.0 Å². The summed E-state index contributed by atoms with van der Waals surface area (Å²) in [5, 5.41) is 9.65. The number of aliphatic carboxylic acids is 1. The Morgan fingerprint density at radius 3 is 2.85 bits per heavy atom. The second-order valence-electron chi connectivity index (χ2n) is 5.34. The molecule has 1 aromatic heterocycles. The van der Waals surface area contributed by atoms with Gasteiger partial charge in [-0.3, -0.25) is 4.79 Å². The van der Waals surface area contributed by atoms with Crippen LogP contribution in [0, 0.1) is 5.92 Å². The van der Waals surface area contributed by atoms with E-state index in [0.717, 1.165) is 36.8 Å². The first-order chi connectivity index (χ1) is 9.72. The van der Waals surface area contributed by atoms with E-state index in [9.17, 15) is 9.90 Å². The van der Waals surface area contributed by atoms with Gasteiger partial charge in [0.05, 0.1) is 24.9 Å². The van der Waals surface area contributed by atoms with Crippen LogP contribution in [0.2, 0.25) is 0 Å². The van der Waals surface area contributed by atoms with Crippen LogP contribution in [0.3, 0.4) is 0 Å². The van der Waals surface area contributed by atoms with Gasteiger partial charge in [0, 0.05) is 0 Å². The van der Waals surface area contributed by atoms with Gasteiger partial charge in [-0.1, -0.05) is 18.9 Å². The smallest absolute Gasteiger partial charge is 0.311 e. The van der Waals surface area contributed by atoms with Crippen molar-refractivity contribution in [1.82, 2.24) is 9.97 Å². The molecular formula is C15H18N2O3. The topological polar surface area (TPSA) is 75.2 Å². The molecule has 1 aliphatic rings. The highest BCUT2D eigenvalue weighted by atomic mass is 16.5. The van der Waals surface area contributed by atoms with Crippen molar-refractivity contribution in [2.24, 2.45) is 5.92 Å². The number of imidazole rings is 1. The molecular weight excluding hydrogens is 256 g/mol. The van der Waals surface area contributed by atoms with Crippen molar-refractivity contribution in [3.8, 4) is 5.75 Å². The van der Waals surface area contributed by atoms with E-state index in [1.165, 1.54) is 0 Å². The monoisotopic (exact) mass is 274 g/mol. The van der Waals surface area contributed by atoms with Gasteiger partial charge in [0.2, 0.25) is 0 Å². The second kappa shape index (κ2) is 5.15. The van der Waals surface area contributed by atoms with Gasteiger partial charge in [-0.15, -0.1) is 0 Å². The van der Waals surface area contributed by atoms with E-state index >= 15 is 0 Å². The van der Waals surface area contributed by atoms with Gasteiger partial charge in [0.15, 0.2) is 0 Å². The van der Waals surface area contributed by atoms with Crippen LogP contribution in [0.25, 0.3) is 11.0 Å². The van der Waals surface area contributed by atoms with E-state index in [2.05, 4.69) is 9.97 Å². The third-order valence-electron chi connectivity index (χ3n) is 4.27. The minimum atomic E-state index is -0.752. The van der Waals surface area contributed by atoms with Gasteiger partial charge in [0.1, 0.15) is 11.3 Å². The fourth-order valence-corrected chi connectivity index (χ4v) is 3.33. The highest BCUT2D eigenvalue weighted by Gasteiger charge is 2.33. The number of methoxy groups -OCH3 is 1. The molecule has 1 unspecified atom stereocenters. The van der Waals surface area contributed by atoms with Crippen molar-refractivity contribution in [1.29, 1.82) is 0 Å². The number of H-pyrrole nitrogens is 1. The molecule has 0 bridgehead atoms. The maximum Gasteiger partial charge on any atom is 0.311 e. The Morgan fingerprint density at radius 1 is 1.45 bits per heavy atom. The minimum absolute atomic E-state index is 0.215. The molecule has 5 nitrogen and oxygen atoms in total. The molecule has 2 N–H and O–H groups in total. The zero-order valence-electron chi connectivity index (χ0n) is 11.4. The number of aromatic nitrogens is 2. The van der Waals surface area contributed by atoms with Gasteiger partial charge in [-0.25, -0.2) is 4.98 Å². The van der Waals surface area contributed by atoms with Crippen LogP contribution in [0.4, 0.5) is 0 Å². The average Bonchev–Trinajstić information content (AvgIpc) is 3.09. The lowest BCUT2D eigenvalue weighted by Gasteiger charge is -2.20. The Kier molecular flexibility index (Phi) is 3.34. The first kappa shape index (κ1) is 13.0. The second-order valence-corrected chi connectivity index (χ2v) is 5.34. The van der Waals surface area contributed by atoms with Crippen LogP contribution < -0.4 is 4.74 Å². The lowest BCUT2D eigenvalue weighted by atomic mass is 9.84. The summed E-state index contributed by atoms with van der Waals surface area (Å²) in [4.78, 5) is 19.1. The maximum atomic E-state index is 11.7. The lowest BCUT2D eigenvalue weighted by molar-refractivity contribution is -0.140. The number of carboxylic acids is 1. The summed E-state index contributed by atoms with van der Waals surface area (Å²) in [5.74, 6) is -0.336. The lowest BCUT2D eigenvalue weighted by Crippen LogP contribution is -2.20. The molecule has 5 heteroatoms. The predicted octanol–water partition coefficient (Wildman–Crippen LogP) is 2.93. The number of carbonyl (C=O) groups is 1. The molecule has 0 amide bonds. The van der Waals surface area contributed by atoms with E-state index < -0.39 is 11.9 Å². The fraction of sp³-hybridized carbons (Fsp3) is 0.467. The molecule has 1 aromatic carbocycles. The van der Waals surface area contributed by atoms with Crippen molar-refractivity contribution in [3.63, 3.8) is 0 Å². The van der Waals surface area contributed by atoms with E-state index in [1.54, 1.807) is 13.4 Å². The van der Waals surface area contributed by atoms with Crippen LogP contribution >= 0.6 is 0 Å². The molecule has 0 saturated heterocycles. The molecule has 1 heterocycles. The normalized spacial score (nSPS) is 17.4. The summed E-state index contributed by atoms with van der Waals surface area (Å²) >= 11 is 0. The number of ether oxygens (including phenoxy) is 1. The molecule has 0 spiro atoms. The SMILES string of the molecule is COc1ccc(C(C(=O)O)C2CCCC2)c2[nH]cnc12. The molecule has 1 atom stereocenters. The van der Waals surface area contributed by atoms with Gasteiger partial charge < -0.3 is 14.8 Å². The molecule has 2 aromatic rings. The summed E-state index contributed by atoms with van der Waals surface area (Å²) < 4.78 is 5.28.